The summed E-state index contributed by atoms with van der Waals surface area (Å²) < 4.78 is 35.3. The Morgan fingerprint density at radius 1 is 1.33 bits per heavy atom. The zero-order chi connectivity index (χ0) is 19.6. The average molecular weight is 373 g/mol. The summed E-state index contributed by atoms with van der Waals surface area (Å²) >= 11 is 0. The topological polar surface area (TPSA) is 48.3 Å². The number of rotatable bonds is 5. The van der Waals surface area contributed by atoms with Gasteiger partial charge >= 0.3 is 5.97 Å². The highest BCUT2D eigenvalue weighted by Crippen LogP contribution is 2.38. The number of fused-ring (bicyclic) bond motifs is 1. The molecule has 2 aromatic rings. The zero-order valence-electron chi connectivity index (χ0n) is 15.4. The van der Waals surface area contributed by atoms with Gasteiger partial charge in [-0.25, -0.2) is 13.6 Å². The highest BCUT2D eigenvalue weighted by atomic mass is 19.2. The van der Waals surface area contributed by atoms with Crippen LogP contribution in [0.4, 0.5) is 8.78 Å². The third-order valence-corrected chi connectivity index (χ3v) is 4.51. The molecule has 3 rings (SSSR count). The molecule has 0 aliphatic heterocycles. The summed E-state index contributed by atoms with van der Waals surface area (Å²) in [6, 6.07) is 0.883. The van der Waals surface area contributed by atoms with Crippen molar-refractivity contribution in [2.75, 3.05) is 6.61 Å². The molecule has 1 aliphatic rings. The molecule has 1 saturated carbocycles. The number of unbranched alkanes of at least 4 members (excludes halogenated alkanes) is 2. The van der Waals surface area contributed by atoms with Crippen molar-refractivity contribution in [1.82, 2.24) is 4.57 Å². The first kappa shape index (κ1) is 19.1. The van der Waals surface area contributed by atoms with Gasteiger partial charge in [0.1, 0.15) is 5.56 Å². The molecule has 1 aromatic heterocycles. The van der Waals surface area contributed by atoms with Crippen molar-refractivity contribution in [2.45, 2.75) is 52.0 Å². The first-order valence-electron chi connectivity index (χ1n) is 9.22. The van der Waals surface area contributed by atoms with Crippen LogP contribution in [0.1, 0.15) is 67.9 Å². The van der Waals surface area contributed by atoms with Crippen LogP contribution >= 0.6 is 0 Å². The Hall–Kier alpha value is -2.68. The summed E-state index contributed by atoms with van der Waals surface area (Å²) in [6.07, 6.45) is 5.42. The molecule has 0 spiro atoms. The largest absolute Gasteiger partial charge is 0.462 e. The fourth-order valence-electron chi connectivity index (χ4n) is 2.99. The predicted molar refractivity (Wildman–Crippen MR) is 98.8 cm³/mol. The van der Waals surface area contributed by atoms with Crippen molar-refractivity contribution in [3.63, 3.8) is 0 Å². The second-order valence-corrected chi connectivity index (χ2v) is 6.58. The van der Waals surface area contributed by atoms with Gasteiger partial charge in [-0.3, -0.25) is 4.79 Å². The molecule has 4 nitrogen and oxygen atoms in total. The Kier molecular flexibility index (Phi) is 5.59. The van der Waals surface area contributed by atoms with E-state index in [4.69, 9.17) is 4.74 Å². The van der Waals surface area contributed by atoms with Crippen molar-refractivity contribution in [3.8, 4) is 11.8 Å². The molecule has 1 fully saturated rings. The molecule has 0 unspecified atom stereocenters. The molecule has 0 radical (unpaired) electrons. The molecule has 0 atom stereocenters. The Morgan fingerprint density at radius 3 is 2.70 bits per heavy atom. The normalized spacial score (nSPS) is 13.3. The predicted octanol–water partition coefficient (Wildman–Crippen LogP) is 4.33. The average Bonchev–Trinajstić information content (AvgIpc) is 3.47. The third kappa shape index (κ3) is 3.73. The SMILES string of the molecule is CCCCC#Cc1c(F)c(F)cc2c(=O)c(C(=O)OCC)cn(C3CC3)c12. The summed E-state index contributed by atoms with van der Waals surface area (Å²) in [6.45, 7) is 3.77. The van der Waals surface area contributed by atoms with E-state index in [1.165, 1.54) is 6.20 Å². The van der Waals surface area contributed by atoms with Gasteiger partial charge in [0.2, 0.25) is 5.43 Å². The lowest BCUT2D eigenvalue weighted by molar-refractivity contribution is 0.0524. The van der Waals surface area contributed by atoms with Crippen LogP contribution in [0.25, 0.3) is 10.9 Å². The Bertz CT molecular complexity index is 1010. The smallest absolute Gasteiger partial charge is 0.343 e. The second kappa shape index (κ2) is 7.91. The lowest BCUT2D eigenvalue weighted by Crippen LogP contribution is -2.22. The van der Waals surface area contributed by atoms with Gasteiger partial charge in [0, 0.05) is 18.7 Å². The van der Waals surface area contributed by atoms with Gasteiger partial charge in [0.15, 0.2) is 11.6 Å². The van der Waals surface area contributed by atoms with Crippen LogP contribution in [-0.2, 0) is 4.74 Å². The molecule has 0 bridgehead atoms. The van der Waals surface area contributed by atoms with Crippen LogP contribution in [0, 0.1) is 23.5 Å². The van der Waals surface area contributed by atoms with Gasteiger partial charge in [-0.15, -0.1) is 0 Å². The van der Waals surface area contributed by atoms with Crippen molar-refractivity contribution in [2.24, 2.45) is 0 Å². The molecular formula is C21H21F2NO3. The number of hydrogen-bond donors (Lipinski definition) is 0. The van der Waals surface area contributed by atoms with Crippen LogP contribution in [0.15, 0.2) is 17.1 Å². The van der Waals surface area contributed by atoms with Gasteiger partial charge < -0.3 is 9.30 Å². The number of carbonyl (C=O) groups excluding carboxylic acids is 1. The number of nitrogens with zero attached hydrogens (tertiary/aromatic N) is 1. The molecule has 0 saturated heterocycles. The van der Waals surface area contributed by atoms with Gasteiger partial charge in [0.05, 0.1) is 23.1 Å². The van der Waals surface area contributed by atoms with Crippen LogP contribution in [0.5, 0.6) is 0 Å². The summed E-state index contributed by atoms with van der Waals surface area (Å²) in [7, 11) is 0. The highest BCUT2D eigenvalue weighted by Gasteiger charge is 2.29. The van der Waals surface area contributed by atoms with Gasteiger partial charge in [0.25, 0.3) is 0 Å². The lowest BCUT2D eigenvalue weighted by Gasteiger charge is -2.14. The second-order valence-electron chi connectivity index (χ2n) is 6.58. The maximum Gasteiger partial charge on any atom is 0.343 e. The minimum Gasteiger partial charge on any atom is -0.462 e. The zero-order valence-corrected chi connectivity index (χ0v) is 15.4. The fourth-order valence-corrected chi connectivity index (χ4v) is 2.99. The fraction of sp³-hybridized carbons (Fsp3) is 0.429. The molecule has 0 amide bonds. The van der Waals surface area contributed by atoms with E-state index < -0.39 is 23.0 Å². The van der Waals surface area contributed by atoms with Crippen LogP contribution in [-0.4, -0.2) is 17.1 Å². The molecule has 1 aliphatic carbocycles. The molecule has 0 N–H and O–H groups in total. The maximum atomic E-state index is 14.5. The number of hydrogen-bond acceptors (Lipinski definition) is 3. The minimum atomic E-state index is -1.15. The molecule has 1 heterocycles. The number of carbonyl (C=O) groups is 1. The van der Waals surface area contributed by atoms with Gasteiger partial charge in [-0.2, -0.15) is 0 Å². The van der Waals surface area contributed by atoms with E-state index in [1.54, 1.807) is 11.5 Å². The van der Waals surface area contributed by atoms with E-state index in [-0.39, 0.29) is 34.7 Å². The number of ether oxygens (including phenoxy) is 1. The maximum absolute atomic E-state index is 14.5. The van der Waals surface area contributed by atoms with Crippen molar-refractivity contribution in [3.05, 3.63) is 45.2 Å². The van der Waals surface area contributed by atoms with E-state index in [9.17, 15) is 18.4 Å². The summed E-state index contributed by atoms with van der Waals surface area (Å²) in [5.41, 5.74) is -0.720. The monoisotopic (exact) mass is 373 g/mol. The number of aromatic nitrogens is 1. The van der Waals surface area contributed by atoms with E-state index in [0.29, 0.717) is 6.42 Å². The van der Waals surface area contributed by atoms with E-state index in [0.717, 1.165) is 31.7 Å². The number of pyridine rings is 1. The molecule has 142 valence electrons. The first-order valence-corrected chi connectivity index (χ1v) is 9.22. The Balaban J connectivity index is 2.30. The van der Waals surface area contributed by atoms with Gasteiger partial charge in [-0.05, 0) is 32.3 Å². The van der Waals surface area contributed by atoms with Crippen LogP contribution < -0.4 is 5.43 Å². The summed E-state index contributed by atoms with van der Waals surface area (Å²) in [4.78, 5) is 24.9. The third-order valence-electron chi connectivity index (χ3n) is 4.51. The highest BCUT2D eigenvalue weighted by molar-refractivity contribution is 5.95. The summed E-state index contributed by atoms with van der Waals surface area (Å²) in [5.74, 6) is 2.60. The summed E-state index contributed by atoms with van der Waals surface area (Å²) in [5, 5.41) is -0.0499. The molecule has 6 heteroatoms. The number of benzene rings is 1. The van der Waals surface area contributed by atoms with E-state index in [2.05, 4.69) is 11.8 Å². The van der Waals surface area contributed by atoms with Gasteiger partial charge in [-0.1, -0.05) is 25.2 Å². The Morgan fingerprint density at radius 2 is 2.07 bits per heavy atom. The van der Waals surface area contributed by atoms with Crippen molar-refractivity contribution >= 4 is 16.9 Å². The molecule has 27 heavy (non-hydrogen) atoms. The standard InChI is InChI=1S/C21H21F2NO3/c1-3-5-6-7-8-14-18(23)17(22)11-15-19(14)24(13-9-10-13)12-16(20(15)25)21(26)27-4-2/h11-13H,3-6,9-10H2,1-2H3. The minimum absolute atomic E-state index is 0.0299. The molecule has 1 aromatic carbocycles. The van der Waals surface area contributed by atoms with Crippen molar-refractivity contribution < 1.29 is 18.3 Å². The lowest BCUT2D eigenvalue weighted by atomic mass is 10.0. The first-order chi connectivity index (χ1) is 13.0. The van der Waals surface area contributed by atoms with E-state index >= 15 is 0 Å². The quantitative estimate of drug-likeness (QED) is 0.445. The van der Waals surface area contributed by atoms with Crippen molar-refractivity contribution in [1.29, 1.82) is 0 Å². The van der Waals surface area contributed by atoms with Crippen LogP contribution in [0.2, 0.25) is 0 Å². The molecular weight excluding hydrogens is 352 g/mol. The Labute approximate surface area is 156 Å². The number of esters is 1. The van der Waals surface area contributed by atoms with E-state index in [1.807, 2.05) is 6.92 Å². The number of halogens is 2. The van der Waals surface area contributed by atoms with Crippen LogP contribution in [0.3, 0.4) is 0 Å².